The van der Waals surface area contributed by atoms with Gasteiger partial charge in [-0.05, 0) is 42.6 Å². The molecule has 1 aromatic heterocycles. The van der Waals surface area contributed by atoms with Gasteiger partial charge in [-0.25, -0.2) is 0 Å². The van der Waals surface area contributed by atoms with Crippen molar-refractivity contribution >= 4 is 0 Å². The van der Waals surface area contributed by atoms with Crippen molar-refractivity contribution in [3.05, 3.63) is 17.5 Å². The van der Waals surface area contributed by atoms with Gasteiger partial charge in [0.1, 0.15) is 0 Å². The Morgan fingerprint density at radius 2 is 1.95 bits per heavy atom. The summed E-state index contributed by atoms with van der Waals surface area (Å²) in [4.78, 5) is 0. The summed E-state index contributed by atoms with van der Waals surface area (Å²) in [6.07, 6.45) is 9.02. The van der Waals surface area contributed by atoms with Crippen LogP contribution in [0.2, 0.25) is 0 Å². The second-order valence-electron chi connectivity index (χ2n) is 7.98. The van der Waals surface area contributed by atoms with Crippen LogP contribution in [0.15, 0.2) is 6.20 Å². The molecule has 0 unspecified atom stereocenters. The van der Waals surface area contributed by atoms with Gasteiger partial charge in [-0.15, -0.1) is 0 Å². The van der Waals surface area contributed by atoms with Crippen LogP contribution in [0.5, 0.6) is 0 Å². The SMILES string of the molecule is CC1(C)[C@@H]2CC[C@@]1(C)c1nn([C@@H]3CCCC[C@H]3O)cc12. The average molecular weight is 274 g/mol. The predicted octanol–water partition coefficient (Wildman–Crippen LogP) is 3.53. The van der Waals surface area contributed by atoms with Crippen LogP contribution in [-0.2, 0) is 5.41 Å². The molecule has 20 heavy (non-hydrogen) atoms. The van der Waals surface area contributed by atoms with Gasteiger partial charge in [0, 0.05) is 11.6 Å². The van der Waals surface area contributed by atoms with E-state index in [4.69, 9.17) is 5.10 Å². The maximum Gasteiger partial charge on any atom is 0.0778 e. The molecule has 0 aromatic carbocycles. The van der Waals surface area contributed by atoms with Crippen LogP contribution in [0, 0.1) is 5.41 Å². The molecule has 4 rings (SSSR count). The molecule has 0 amide bonds. The first-order valence-electron chi connectivity index (χ1n) is 8.23. The summed E-state index contributed by atoms with van der Waals surface area (Å²) in [6.45, 7) is 7.21. The molecular weight excluding hydrogens is 248 g/mol. The fourth-order valence-electron chi connectivity index (χ4n) is 5.13. The van der Waals surface area contributed by atoms with Crippen molar-refractivity contribution in [2.45, 2.75) is 82.8 Å². The first kappa shape index (κ1) is 12.9. The molecule has 0 spiro atoms. The van der Waals surface area contributed by atoms with E-state index in [-0.39, 0.29) is 17.6 Å². The van der Waals surface area contributed by atoms with Gasteiger partial charge in [0.15, 0.2) is 0 Å². The van der Waals surface area contributed by atoms with Gasteiger partial charge in [0.05, 0.1) is 17.8 Å². The van der Waals surface area contributed by atoms with Gasteiger partial charge in [-0.1, -0.05) is 33.6 Å². The van der Waals surface area contributed by atoms with Crippen LogP contribution < -0.4 is 0 Å². The fraction of sp³-hybridized carbons (Fsp3) is 0.824. The van der Waals surface area contributed by atoms with Crippen LogP contribution in [0.25, 0.3) is 0 Å². The van der Waals surface area contributed by atoms with Crippen molar-refractivity contribution in [2.24, 2.45) is 5.41 Å². The smallest absolute Gasteiger partial charge is 0.0778 e. The molecule has 3 aliphatic carbocycles. The number of aliphatic hydroxyl groups excluding tert-OH is 1. The van der Waals surface area contributed by atoms with E-state index < -0.39 is 0 Å². The molecule has 3 nitrogen and oxygen atoms in total. The zero-order valence-electron chi connectivity index (χ0n) is 12.9. The summed E-state index contributed by atoms with van der Waals surface area (Å²) < 4.78 is 2.11. The van der Waals surface area contributed by atoms with Crippen LogP contribution >= 0.6 is 0 Å². The van der Waals surface area contributed by atoms with Crippen molar-refractivity contribution in [2.75, 3.05) is 0 Å². The zero-order chi connectivity index (χ0) is 14.1. The molecule has 2 bridgehead atoms. The highest BCUT2D eigenvalue weighted by atomic mass is 16.3. The predicted molar refractivity (Wildman–Crippen MR) is 78.8 cm³/mol. The Hall–Kier alpha value is -0.830. The largest absolute Gasteiger partial charge is 0.391 e. The van der Waals surface area contributed by atoms with Crippen LogP contribution in [0.3, 0.4) is 0 Å². The molecule has 0 saturated heterocycles. The normalized spacial score (nSPS) is 41.9. The second kappa shape index (κ2) is 3.88. The Bertz CT molecular complexity index is 547. The van der Waals surface area contributed by atoms with Gasteiger partial charge in [-0.2, -0.15) is 5.10 Å². The number of hydrogen-bond acceptors (Lipinski definition) is 2. The maximum atomic E-state index is 10.3. The molecule has 1 heterocycles. The Labute approximate surface area is 121 Å². The Kier molecular flexibility index (Phi) is 2.50. The summed E-state index contributed by atoms with van der Waals surface area (Å²) >= 11 is 0. The van der Waals surface area contributed by atoms with Gasteiger partial charge < -0.3 is 5.11 Å². The van der Waals surface area contributed by atoms with Crippen LogP contribution in [0.4, 0.5) is 0 Å². The summed E-state index contributed by atoms with van der Waals surface area (Å²) in [5.74, 6) is 0.664. The molecule has 3 heteroatoms. The van der Waals surface area contributed by atoms with Crippen molar-refractivity contribution in [1.82, 2.24) is 9.78 Å². The molecule has 110 valence electrons. The number of hydrogen-bond donors (Lipinski definition) is 1. The maximum absolute atomic E-state index is 10.3. The lowest BCUT2D eigenvalue weighted by atomic mass is 9.70. The lowest BCUT2D eigenvalue weighted by molar-refractivity contribution is 0.0683. The minimum absolute atomic E-state index is 0.206. The Balaban J connectivity index is 1.74. The Morgan fingerprint density at radius 1 is 1.20 bits per heavy atom. The van der Waals surface area contributed by atoms with Gasteiger partial charge >= 0.3 is 0 Å². The first-order chi connectivity index (χ1) is 9.45. The first-order valence-corrected chi connectivity index (χ1v) is 8.23. The Morgan fingerprint density at radius 3 is 2.65 bits per heavy atom. The molecule has 3 aliphatic rings. The number of rotatable bonds is 1. The minimum atomic E-state index is -0.206. The average Bonchev–Trinajstić information content (AvgIpc) is 2.97. The molecule has 2 saturated carbocycles. The second-order valence-corrected chi connectivity index (χ2v) is 7.98. The van der Waals surface area contributed by atoms with Crippen LogP contribution in [-0.4, -0.2) is 21.0 Å². The number of fused-ring (bicyclic) bond motifs is 5. The number of aliphatic hydroxyl groups is 1. The van der Waals surface area contributed by atoms with Gasteiger partial charge in [-0.3, -0.25) is 4.68 Å². The topological polar surface area (TPSA) is 38.0 Å². The van der Waals surface area contributed by atoms with E-state index in [0.29, 0.717) is 11.3 Å². The highest BCUT2D eigenvalue weighted by molar-refractivity contribution is 5.44. The molecule has 0 aliphatic heterocycles. The van der Waals surface area contributed by atoms with E-state index in [9.17, 15) is 5.11 Å². The van der Waals surface area contributed by atoms with Crippen LogP contribution in [0.1, 0.15) is 82.5 Å². The van der Waals surface area contributed by atoms with Crippen molar-refractivity contribution in [3.63, 3.8) is 0 Å². The van der Waals surface area contributed by atoms with E-state index >= 15 is 0 Å². The number of nitrogens with zero attached hydrogens (tertiary/aromatic N) is 2. The van der Waals surface area contributed by atoms with E-state index in [1.165, 1.54) is 30.5 Å². The quantitative estimate of drug-likeness (QED) is 0.850. The highest BCUT2D eigenvalue weighted by Gasteiger charge is 2.61. The third-order valence-electron chi connectivity index (χ3n) is 6.92. The summed E-state index contributed by atoms with van der Waals surface area (Å²) in [5.41, 5.74) is 3.38. The molecule has 2 fully saturated rings. The summed E-state index contributed by atoms with van der Waals surface area (Å²) in [7, 11) is 0. The zero-order valence-corrected chi connectivity index (χ0v) is 12.9. The van der Waals surface area contributed by atoms with E-state index in [1.54, 1.807) is 0 Å². The van der Waals surface area contributed by atoms with Gasteiger partial charge in [0.2, 0.25) is 0 Å². The fourth-order valence-corrected chi connectivity index (χ4v) is 5.13. The molecule has 0 radical (unpaired) electrons. The summed E-state index contributed by atoms with van der Waals surface area (Å²) in [5, 5.41) is 15.2. The van der Waals surface area contributed by atoms with Crippen molar-refractivity contribution < 1.29 is 5.11 Å². The minimum Gasteiger partial charge on any atom is -0.391 e. The highest BCUT2D eigenvalue weighted by Crippen LogP contribution is 2.67. The standard InChI is InChI=1S/C17H26N2O/c1-16(2)12-8-9-17(16,3)15-11(12)10-19(18-15)13-6-4-5-7-14(13)20/h10,12-14,20H,4-9H2,1-3H3/t12-,13-,14-,17+/m1/s1. The molecule has 1 aromatic rings. The lowest BCUT2D eigenvalue weighted by Gasteiger charge is -2.35. The molecular formula is C17H26N2O. The molecule has 4 atom stereocenters. The lowest BCUT2D eigenvalue weighted by Crippen LogP contribution is -2.33. The van der Waals surface area contributed by atoms with Gasteiger partial charge in [0.25, 0.3) is 0 Å². The number of aromatic nitrogens is 2. The van der Waals surface area contributed by atoms with Crippen molar-refractivity contribution in [1.29, 1.82) is 0 Å². The van der Waals surface area contributed by atoms with Crippen molar-refractivity contribution in [3.8, 4) is 0 Å². The third-order valence-corrected chi connectivity index (χ3v) is 6.92. The monoisotopic (exact) mass is 274 g/mol. The van der Waals surface area contributed by atoms with E-state index in [0.717, 1.165) is 19.3 Å². The van der Waals surface area contributed by atoms with E-state index in [1.807, 2.05) is 0 Å². The summed E-state index contributed by atoms with van der Waals surface area (Å²) in [6, 6.07) is 0.209. The molecule has 1 N–H and O–H groups in total. The third kappa shape index (κ3) is 1.37. The van der Waals surface area contributed by atoms with E-state index in [2.05, 4.69) is 31.6 Å².